The summed E-state index contributed by atoms with van der Waals surface area (Å²) in [5.74, 6) is -0.383. The lowest BCUT2D eigenvalue weighted by atomic mass is 10.3. The molecule has 6 heteroatoms. The van der Waals surface area contributed by atoms with E-state index in [1.54, 1.807) is 24.3 Å². The number of hydrogen-bond donors (Lipinski definition) is 1. The van der Waals surface area contributed by atoms with Crippen LogP contribution in [0.5, 0.6) is 5.75 Å². The molecule has 2 N–H and O–H groups in total. The second-order valence-electron chi connectivity index (χ2n) is 4.16. The lowest BCUT2D eigenvalue weighted by Crippen LogP contribution is -2.14. The first-order valence-corrected chi connectivity index (χ1v) is 7.60. The second kappa shape index (κ2) is 5.92. The van der Waals surface area contributed by atoms with Crippen molar-refractivity contribution in [3.8, 4) is 5.75 Å². The maximum Gasteiger partial charge on any atom is 0.181 e. The number of benzene rings is 2. The van der Waals surface area contributed by atoms with Gasteiger partial charge in [0, 0.05) is 0 Å². The predicted octanol–water partition coefficient (Wildman–Crippen LogP) is 2.26. The Morgan fingerprint density at radius 3 is 2.45 bits per heavy atom. The van der Waals surface area contributed by atoms with E-state index in [4.69, 9.17) is 10.5 Å². The molecule has 4 nitrogen and oxygen atoms in total. The zero-order chi connectivity index (χ0) is 14.6. The van der Waals surface area contributed by atoms with Crippen LogP contribution in [-0.4, -0.2) is 20.8 Å². The number of ether oxygens (including phenoxy) is 1. The number of anilines is 1. The van der Waals surface area contributed by atoms with Gasteiger partial charge in [-0.2, -0.15) is 0 Å². The first kappa shape index (κ1) is 14.3. The van der Waals surface area contributed by atoms with Gasteiger partial charge in [-0.1, -0.05) is 18.2 Å². The standard InChI is InChI=1S/C14H14FNO3S/c15-13-10-12(6-7-14(13)16)20(17,18)9-8-19-11-4-2-1-3-5-11/h1-7,10H,8-9,16H2. The summed E-state index contributed by atoms with van der Waals surface area (Å²) in [6, 6.07) is 12.3. The van der Waals surface area contributed by atoms with Crippen LogP contribution in [0.1, 0.15) is 0 Å². The number of sulfone groups is 1. The predicted molar refractivity (Wildman–Crippen MR) is 74.8 cm³/mol. The number of rotatable bonds is 5. The molecule has 0 spiro atoms. The Hall–Kier alpha value is -2.08. The summed E-state index contributed by atoms with van der Waals surface area (Å²) in [6.45, 7) is -0.00164. The van der Waals surface area contributed by atoms with Crippen LogP contribution in [0, 0.1) is 5.82 Å². The second-order valence-corrected chi connectivity index (χ2v) is 6.27. The van der Waals surface area contributed by atoms with Crippen molar-refractivity contribution in [2.75, 3.05) is 18.1 Å². The van der Waals surface area contributed by atoms with Gasteiger partial charge in [0.1, 0.15) is 18.2 Å². The topological polar surface area (TPSA) is 69.4 Å². The quantitative estimate of drug-likeness (QED) is 0.859. The van der Waals surface area contributed by atoms with Gasteiger partial charge >= 0.3 is 0 Å². The molecule has 20 heavy (non-hydrogen) atoms. The van der Waals surface area contributed by atoms with E-state index in [1.807, 2.05) is 6.07 Å². The molecule has 0 unspecified atom stereocenters. The molecule has 0 aromatic heterocycles. The molecule has 2 aromatic carbocycles. The average Bonchev–Trinajstić information content (AvgIpc) is 2.43. The molecular formula is C14H14FNO3S. The van der Waals surface area contributed by atoms with Crippen LogP contribution in [0.2, 0.25) is 0 Å². The van der Waals surface area contributed by atoms with E-state index in [-0.39, 0.29) is 22.9 Å². The highest BCUT2D eigenvalue weighted by atomic mass is 32.2. The summed E-state index contributed by atoms with van der Waals surface area (Å²) >= 11 is 0. The van der Waals surface area contributed by atoms with E-state index < -0.39 is 15.7 Å². The molecular weight excluding hydrogens is 281 g/mol. The first-order valence-electron chi connectivity index (χ1n) is 5.95. The number of nitrogen functional groups attached to an aromatic ring is 1. The van der Waals surface area contributed by atoms with E-state index in [0.29, 0.717) is 5.75 Å². The molecule has 0 bridgehead atoms. The van der Waals surface area contributed by atoms with Crippen LogP contribution in [0.4, 0.5) is 10.1 Å². The molecule has 0 fully saturated rings. The Morgan fingerprint density at radius 1 is 1.10 bits per heavy atom. The van der Waals surface area contributed by atoms with Crippen LogP contribution >= 0.6 is 0 Å². The van der Waals surface area contributed by atoms with Gasteiger partial charge in [0.15, 0.2) is 9.84 Å². The van der Waals surface area contributed by atoms with Gasteiger partial charge in [0.25, 0.3) is 0 Å². The SMILES string of the molecule is Nc1ccc(S(=O)(=O)CCOc2ccccc2)cc1F. The molecule has 0 atom stereocenters. The summed E-state index contributed by atoms with van der Waals surface area (Å²) in [6.07, 6.45) is 0. The van der Waals surface area contributed by atoms with E-state index in [9.17, 15) is 12.8 Å². The molecule has 0 aliphatic carbocycles. The molecule has 0 aliphatic heterocycles. The maximum atomic E-state index is 13.3. The Kier molecular flexibility index (Phi) is 4.24. The van der Waals surface area contributed by atoms with E-state index in [2.05, 4.69) is 0 Å². The third-order valence-corrected chi connectivity index (χ3v) is 4.37. The minimum absolute atomic E-state index is 0.00164. The minimum atomic E-state index is -3.59. The molecule has 0 amide bonds. The summed E-state index contributed by atoms with van der Waals surface area (Å²) < 4.78 is 42.6. The Balaban J connectivity index is 2.02. The maximum absolute atomic E-state index is 13.3. The van der Waals surface area contributed by atoms with Crippen molar-refractivity contribution in [1.29, 1.82) is 0 Å². The van der Waals surface area contributed by atoms with Crippen molar-refractivity contribution in [3.05, 3.63) is 54.3 Å². The molecule has 0 saturated heterocycles. The third kappa shape index (κ3) is 3.48. The average molecular weight is 295 g/mol. The van der Waals surface area contributed by atoms with Gasteiger partial charge in [-0.25, -0.2) is 12.8 Å². The van der Waals surface area contributed by atoms with Crippen LogP contribution in [-0.2, 0) is 9.84 Å². The van der Waals surface area contributed by atoms with Gasteiger partial charge in [-0.3, -0.25) is 0 Å². The molecule has 0 aliphatic rings. The fourth-order valence-electron chi connectivity index (χ4n) is 1.61. The van der Waals surface area contributed by atoms with Gasteiger partial charge in [-0.15, -0.1) is 0 Å². The first-order chi connectivity index (χ1) is 9.49. The summed E-state index contributed by atoms with van der Waals surface area (Å²) in [4.78, 5) is -0.0964. The van der Waals surface area contributed by atoms with Gasteiger partial charge in [0.2, 0.25) is 0 Å². The van der Waals surface area contributed by atoms with Crippen LogP contribution in [0.25, 0.3) is 0 Å². The summed E-state index contributed by atoms with van der Waals surface area (Å²) in [5.41, 5.74) is 5.23. The fourth-order valence-corrected chi connectivity index (χ4v) is 2.70. The number of halogens is 1. The van der Waals surface area contributed by atoms with Gasteiger partial charge in [0.05, 0.1) is 16.3 Å². The Morgan fingerprint density at radius 2 is 1.80 bits per heavy atom. The Labute approximate surface area is 116 Å². The summed E-state index contributed by atoms with van der Waals surface area (Å²) in [5, 5.41) is 0. The highest BCUT2D eigenvalue weighted by Crippen LogP contribution is 2.17. The number of hydrogen-bond acceptors (Lipinski definition) is 4. The van der Waals surface area contributed by atoms with E-state index in [0.717, 1.165) is 6.07 Å². The highest BCUT2D eigenvalue weighted by molar-refractivity contribution is 7.91. The van der Waals surface area contributed by atoms with Crippen molar-refractivity contribution in [2.24, 2.45) is 0 Å². The van der Waals surface area contributed by atoms with Crippen LogP contribution < -0.4 is 10.5 Å². The molecule has 2 rings (SSSR count). The minimum Gasteiger partial charge on any atom is -0.493 e. The van der Waals surface area contributed by atoms with E-state index in [1.165, 1.54) is 12.1 Å². The van der Waals surface area contributed by atoms with Crippen molar-refractivity contribution in [3.63, 3.8) is 0 Å². The van der Waals surface area contributed by atoms with Gasteiger partial charge < -0.3 is 10.5 Å². The fraction of sp³-hybridized carbons (Fsp3) is 0.143. The zero-order valence-electron chi connectivity index (χ0n) is 10.6. The lowest BCUT2D eigenvalue weighted by molar-refractivity contribution is 0.341. The lowest BCUT2D eigenvalue weighted by Gasteiger charge is -2.07. The molecule has 0 saturated carbocycles. The normalized spacial score (nSPS) is 11.2. The number of para-hydroxylation sites is 1. The smallest absolute Gasteiger partial charge is 0.181 e. The van der Waals surface area contributed by atoms with Crippen molar-refractivity contribution in [2.45, 2.75) is 4.90 Å². The molecule has 2 aromatic rings. The van der Waals surface area contributed by atoms with Gasteiger partial charge in [-0.05, 0) is 30.3 Å². The third-order valence-electron chi connectivity index (χ3n) is 2.70. The van der Waals surface area contributed by atoms with Crippen LogP contribution in [0.15, 0.2) is 53.4 Å². The van der Waals surface area contributed by atoms with Crippen molar-refractivity contribution < 1.29 is 17.5 Å². The van der Waals surface area contributed by atoms with E-state index >= 15 is 0 Å². The van der Waals surface area contributed by atoms with Crippen molar-refractivity contribution in [1.82, 2.24) is 0 Å². The highest BCUT2D eigenvalue weighted by Gasteiger charge is 2.16. The largest absolute Gasteiger partial charge is 0.493 e. The molecule has 106 valence electrons. The van der Waals surface area contributed by atoms with Crippen LogP contribution in [0.3, 0.4) is 0 Å². The number of nitrogens with two attached hydrogens (primary N) is 1. The zero-order valence-corrected chi connectivity index (χ0v) is 11.4. The molecule has 0 radical (unpaired) electrons. The molecule has 0 heterocycles. The summed E-state index contributed by atoms with van der Waals surface area (Å²) in [7, 11) is -3.59. The van der Waals surface area contributed by atoms with Crippen molar-refractivity contribution >= 4 is 15.5 Å². The Bertz CT molecular complexity index is 687. The monoisotopic (exact) mass is 295 g/mol.